The van der Waals surface area contributed by atoms with Crippen LogP contribution in [0.1, 0.15) is 49.4 Å². The van der Waals surface area contributed by atoms with Crippen LogP contribution in [0.2, 0.25) is 0 Å². The van der Waals surface area contributed by atoms with Gasteiger partial charge in [-0.05, 0) is 18.4 Å². The van der Waals surface area contributed by atoms with Crippen molar-refractivity contribution in [2.75, 3.05) is 5.75 Å². The molecule has 128 valence electrons. The average molecular weight is 343 g/mol. The van der Waals surface area contributed by atoms with E-state index < -0.39 is 0 Å². The summed E-state index contributed by atoms with van der Waals surface area (Å²) in [5, 5.41) is 0.732. The zero-order chi connectivity index (χ0) is 17.2. The van der Waals surface area contributed by atoms with Crippen molar-refractivity contribution in [3.63, 3.8) is 0 Å². The lowest BCUT2D eigenvalue weighted by Gasteiger charge is -2.09. The molecule has 0 aliphatic carbocycles. The molecule has 3 nitrogen and oxygen atoms in total. The standard InChI is InChI=1S/C20H26N2OS/c1-3-5-6-10-14-24-20-21-18(15-16-12-8-7-9-13-16)17(11-4-2)19(23)22-20/h4,7-9,12-13H,2-3,5-6,10-11,14-15H2,1H3,(H,21,22,23). The van der Waals surface area contributed by atoms with Crippen LogP contribution in [0.4, 0.5) is 0 Å². The van der Waals surface area contributed by atoms with E-state index in [2.05, 4.69) is 30.6 Å². The number of aromatic amines is 1. The summed E-state index contributed by atoms with van der Waals surface area (Å²) < 4.78 is 0. The molecule has 0 atom stereocenters. The highest BCUT2D eigenvalue weighted by atomic mass is 32.2. The summed E-state index contributed by atoms with van der Waals surface area (Å²) in [5.41, 5.74) is 2.72. The van der Waals surface area contributed by atoms with E-state index in [1.807, 2.05) is 18.2 Å². The summed E-state index contributed by atoms with van der Waals surface area (Å²) in [5.74, 6) is 0.995. The van der Waals surface area contributed by atoms with E-state index in [9.17, 15) is 4.79 Å². The van der Waals surface area contributed by atoms with Gasteiger partial charge < -0.3 is 4.98 Å². The summed E-state index contributed by atoms with van der Waals surface area (Å²) in [6.45, 7) is 5.97. The van der Waals surface area contributed by atoms with Gasteiger partial charge in [0.05, 0.1) is 5.69 Å². The maximum Gasteiger partial charge on any atom is 0.255 e. The molecule has 0 spiro atoms. The van der Waals surface area contributed by atoms with Crippen LogP contribution in [0.15, 0.2) is 52.9 Å². The number of aromatic nitrogens is 2. The van der Waals surface area contributed by atoms with Crippen molar-refractivity contribution < 1.29 is 0 Å². The quantitative estimate of drug-likeness (QED) is 0.293. The minimum absolute atomic E-state index is 0.0353. The summed E-state index contributed by atoms with van der Waals surface area (Å²) >= 11 is 1.64. The third-order valence-corrected chi connectivity index (χ3v) is 4.84. The van der Waals surface area contributed by atoms with E-state index in [1.165, 1.54) is 24.8 Å². The molecule has 1 aromatic heterocycles. The monoisotopic (exact) mass is 342 g/mol. The molecule has 0 radical (unpaired) electrons. The number of benzene rings is 1. The molecule has 1 N–H and O–H groups in total. The largest absolute Gasteiger partial charge is 0.301 e. The van der Waals surface area contributed by atoms with Gasteiger partial charge in [0.15, 0.2) is 5.16 Å². The van der Waals surface area contributed by atoms with Gasteiger partial charge in [-0.15, -0.1) is 6.58 Å². The Morgan fingerprint density at radius 2 is 2.00 bits per heavy atom. The Morgan fingerprint density at radius 3 is 2.71 bits per heavy atom. The smallest absolute Gasteiger partial charge is 0.255 e. The number of rotatable bonds is 10. The van der Waals surface area contributed by atoms with E-state index in [1.54, 1.807) is 17.8 Å². The first-order chi connectivity index (χ1) is 11.7. The highest BCUT2D eigenvalue weighted by Gasteiger charge is 2.11. The van der Waals surface area contributed by atoms with Gasteiger partial charge >= 0.3 is 0 Å². The molecule has 0 fully saturated rings. The second kappa shape index (κ2) is 10.1. The Labute approximate surface area is 148 Å². The maximum absolute atomic E-state index is 12.4. The zero-order valence-electron chi connectivity index (χ0n) is 14.4. The molecule has 0 saturated carbocycles. The Morgan fingerprint density at radius 1 is 1.21 bits per heavy atom. The fourth-order valence-electron chi connectivity index (χ4n) is 2.58. The fourth-order valence-corrected chi connectivity index (χ4v) is 3.46. The van der Waals surface area contributed by atoms with Crippen LogP contribution in [-0.2, 0) is 12.8 Å². The van der Waals surface area contributed by atoms with E-state index >= 15 is 0 Å². The number of nitrogens with zero attached hydrogens (tertiary/aromatic N) is 1. The van der Waals surface area contributed by atoms with E-state index in [-0.39, 0.29) is 5.56 Å². The molecular weight excluding hydrogens is 316 g/mol. The van der Waals surface area contributed by atoms with Crippen LogP contribution in [-0.4, -0.2) is 15.7 Å². The SMILES string of the molecule is C=CCc1c(Cc2ccccc2)nc(SCCCCCC)[nH]c1=O. The molecule has 24 heavy (non-hydrogen) atoms. The number of hydrogen-bond acceptors (Lipinski definition) is 3. The molecule has 0 aliphatic heterocycles. The van der Waals surface area contributed by atoms with Crippen molar-refractivity contribution in [2.24, 2.45) is 0 Å². The second-order valence-electron chi connectivity index (χ2n) is 5.86. The molecule has 4 heteroatoms. The van der Waals surface area contributed by atoms with Crippen LogP contribution >= 0.6 is 11.8 Å². The minimum Gasteiger partial charge on any atom is -0.301 e. The van der Waals surface area contributed by atoms with Crippen LogP contribution in [0.5, 0.6) is 0 Å². The molecule has 0 aliphatic rings. The number of H-pyrrole nitrogens is 1. The number of unbranched alkanes of at least 4 members (excludes halogenated alkanes) is 3. The van der Waals surface area contributed by atoms with Gasteiger partial charge in [-0.25, -0.2) is 4.98 Å². The fraction of sp³-hybridized carbons (Fsp3) is 0.400. The molecule has 1 aromatic carbocycles. The first-order valence-electron chi connectivity index (χ1n) is 8.64. The van der Waals surface area contributed by atoms with Crippen molar-refractivity contribution in [1.29, 1.82) is 0 Å². The average Bonchev–Trinajstić information content (AvgIpc) is 2.59. The second-order valence-corrected chi connectivity index (χ2v) is 6.94. The Balaban J connectivity index is 2.15. The number of thioether (sulfide) groups is 1. The van der Waals surface area contributed by atoms with Gasteiger partial charge in [0.25, 0.3) is 5.56 Å². The van der Waals surface area contributed by atoms with Crippen LogP contribution in [0, 0.1) is 0 Å². The van der Waals surface area contributed by atoms with Gasteiger partial charge in [0, 0.05) is 17.7 Å². The highest BCUT2D eigenvalue weighted by molar-refractivity contribution is 7.99. The summed E-state index contributed by atoms with van der Waals surface area (Å²) in [7, 11) is 0. The number of allylic oxidation sites excluding steroid dienone is 1. The first-order valence-corrected chi connectivity index (χ1v) is 9.62. The lowest BCUT2D eigenvalue weighted by atomic mass is 10.0. The van der Waals surface area contributed by atoms with Crippen molar-refractivity contribution in [1.82, 2.24) is 9.97 Å². The van der Waals surface area contributed by atoms with Crippen molar-refractivity contribution in [3.8, 4) is 0 Å². The van der Waals surface area contributed by atoms with Gasteiger partial charge in [0.1, 0.15) is 0 Å². The number of hydrogen-bond donors (Lipinski definition) is 1. The molecule has 0 bridgehead atoms. The van der Waals surface area contributed by atoms with Gasteiger partial charge in [0.2, 0.25) is 0 Å². The summed E-state index contributed by atoms with van der Waals surface area (Å²) in [6, 6.07) is 10.2. The first kappa shape index (κ1) is 18.5. The predicted molar refractivity (Wildman–Crippen MR) is 103 cm³/mol. The van der Waals surface area contributed by atoms with Gasteiger partial charge in [-0.1, -0.05) is 74.4 Å². The molecule has 1 heterocycles. The topological polar surface area (TPSA) is 45.8 Å². The molecule has 0 unspecified atom stereocenters. The van der Waals surface area contributed by atoms with Crippen LogP contribution in [0.25, 0.3) is 0 Å². The van der Waals surface area contributed by atoms with E-state index in [0.717, 1.165) is 28.6 Å². The Hall–Kier alpha value is -1.81. The van der Waals surface area contributed by atoms with Crippen molar-refractivity contribution in [2.45, 2.75) is 50.6 Å². The zero-order valence-corrected chi connectivity index (χ0v) is 15.2. The highest BCUT2D eigenvalue weighted by Crippen LogP contribution is 2.18. The normalized spacial score (nSPS) is 10.7. The molecule has 0 saturated heterocycles. The Kier molecular flexibility index (Phi) is 7.83. The van der Waals surface area contributed by atoms with Crippen LogP contribution in [0.3, 0.4) is 0 Å². The van der Waals surface area contributed by atoms with E-state index in [0.29, 0.717) is 12.8 Å². The lowest BCUT2D eigenvalue weighted by Crippen LogP contribution is -2.18. The van der Waals surface area contributed by atoms with Crippen molar-refractivity contribution >= 4 is 11.8 Å². The number of nitrogens with one attached hydrogen (secondary N) is 1. The third-order valence-electron chi connectivity index (χ3n) is 3.88. The van der Waals surface area contributed by atoms with Gasteiger partial charge in [-0.3, -0.25) is 4.79 Å². The minimum atomic E-state index is -0.0353. The predicted octanol–water partition coefficient (Wildman–Crippen LogP) is 4.76. The molecule has 0 amide bonds. The Bertz CT molecular complexity index is 695. The van der Waals surface area contributed by atoms with Gasteiger partial charge in [-0.2, -0.15) is 0 Å². The lowest BCUT2D eigenvalue weighted by molar-refractivity contribution is 0.705. The molecular formula is C20H26N2OS. The van der Waals surface area contributed by atoms with Crippen LogP contribution < -0.4 is 5.56 Å². The maximum atomic E-state index is 12.4. The molecule has 2 rings (SSSR count). The summed E-state index contributed by atoms with van der Waals surface area (Å²) in [6.07, 6.45) is 7.88. The molecule has 2 aromatic rings. The van der Waals surface area contributed by atoms with Crippen molar-refractivity contribution in [3.05, 3.63) is 70.2 Å². The third kappa shape index (κ3) is 5.68. The van der Waals surface area contributed by atoms with E-state index in [4.69, 9.17) is 4.98 Å². The summed E-state index contributed by atoms with van der Waals surface area (Å²) in [4.78, 5) is 20.1.